The number of hydrogen-bond acceptors (Lipinski definition) is 7. The minimum Gasteiger partial charge on any atom is -0.444 e. The van der Waals surface area contributed by atoms with Crippen LogP contribution in [0, 0.1) is 5.82 Å². The van der Waals surface area contributed by atoms with Gasteiger partial charge in [-0.1, -0.05) is 29.8 Å². The van der Waals surface area contributed by atoms with Crippen molar-refractivity contribution in [2.45, 2.75) is 63.4 Å². The molecule has 0 bridgehead atoms. The quantitative estimate of drug-likeness (QED) is 0.269. The topological polar surface area (TPSA) is 89.2 Å². The third-order valence-corrected chi connectivity index (χ3v) is 8.99. The summed E-state index contributed by atoms with van der Waals surface area (Å²) in [6.45, 7) is 5.63. The van der Waals surface area contributed by atoms with Crippen LogP contribution in [0.15, 0.2) is 54.6 Å². The second kappa shape index (κ2) is 10.8. The van der Waals surface area contributed by atoms with E-state index >= 15 is 0 Å². The molecule has 42 heavy (non-hydrogen) atoms. The van der Waals surface area contributed by atoms with Gasteiger partial charge in [0.1, 0.15) is 11.6 Å². The fraction of sp³-hybridized carbons (Fsp3) is 0.406. The summed E-state index contributed by atoms with van der Waals surface area (Å²) in [5, 5.41) is 19.8. The lowest BCUT2D eigenvalue weighted by molar-refractivity contribution is -0.0712. The zero-order valence-corrected chi connectivity index (χ0v) is 24.1. The Hall–Kier alpha value is -3.21. The number of ether oxygens (including phenoxy) is 3. The molecule has 0 aliphatic carbocycles. The second-order valence-corrected chi connectivity index (χ2v) is 12.0. The molecule has 0 amide bonds. The number of para-hydroxylation sites is 1. The predicted octanol–water partition coefficient (Wildman–Crippen LogP) is 5.62. The zero-order valence-electron chi connectivity index (χ0n) is 23.3. The van der Waals surface area contributed by atoms with Crippen LogP contribution < -0.4 is 9.47 Å². The first-order valence-electron chi connectivity index (χ1n) is 14.4. The van der Waals surface area contributed by atoms with Gasteiger partial charge >= 0.3 is 0 Å². The number of benzene rings is 3. The normalized spacial score (nSPS) is 22.7. The van der Waals surface area contributed by atoms with E-state index in [0.717, 1.165) is 61.4 Å². The standard InChI is InChI=1S/C32H33ClFN3O5/c1-32(24-7-6-21(33)16-25(24)34)41-28-4-2-3-23(30(28)42-32)19-9-12-36(13-10-19)18-29-35-26-8-5-20(31(38)39)15-27(26)37(29)17-22-11-14-40-22/h2-8,15-16,19,22,31,38-39H,9-14,17-18H2,1H3/t22-,32-/m0/s1. The Kier molecular flexibility index (Phi) is 7.11. The molecule has 4 heterocycles. The van der Waals surface area contributed by atoms with Crippen molar-refractivity contribution in [3.05, 3.63) is 88.0 Å². The Balaban J connectivity index is 1.08. The van der Waals surface area contributed by atoms with E-state index < -0.39 is 17.9 Å². The highest BCUT2D eigenvalue weighted by atomic mass is 35.5. The van der Waals surface area contributed by atoms with Crippen molar-refractivity contribution in [3.8, 4) is 11.5 Å². The van der Waals surface area contributed by atoms with Crippen molar-refractivity contribution < 1.29 is 28.8 Å². The highest BCUT2D eigenvalue weighted by Crippen LogP contribution is 2.50. The van der Waals surface area contributed by atoms with Gasteiger partial charge in [-0.25, -0.2) is 9.37 Å². The number of imidazole rings is 1. The van der Waals surface area contributed by atoms with E-state index in [0.29, 0.717) is 40.7 Å². The molecule has 4 aromatic rings. The minimum absolute atomic E-state index is 0.143. The molecule has 2 saturated heterocycles. The van der Waals surface area contributed by atoms with Crippen molar-refractivity contribution >= 4 is 22.6 Å². The van der Waals surface area contributed by atoms with E-state index in [9.17, 15) is 14.6 Å². The van der Waals surface area contributed by atoms with Gasteiger partial charge in [0, 0.05) is 29.7 Å². The second-order valence-electron chi connectivity index (χ2n) is 11.5. The molecular weight excluding hydrogens is 561 g/mol. The lowest BCUT2D eigenvalue weighted by Crippen LogP contribution is -2.35. The predicted molar refractivity (Wildman–Crippen MR) is 155 cm³/mol. The first kappa shape index (κ1) is 27.6. The average Bonchev–Trinajstić information content (AvgIpc) is 3.47. The van der Waals surface area contributed by atoms with Gasteiger partial charge in [0.2, 0.25) is 0 Å². The summed E-state index contributed by atoms with van der Waals surface area (Å²) in [7, 11) is 0. The molecule has 0 radical (unpaired) electrons. The molecule has 0 spiro atoms. The Morgan fingerprint density at radius 1 is 1.07 bits per heavy atom. The van der Waals surface area contributed by atoms with Crippen molar-refractivity contribution in [1.82, 2.24) is 14.5 Å². The van der Waals surface area contributed by atoms with Gasteiger partial charge in [-0.15, -0.1) is 0 Å². The van der Waals surface area contributed by atoms with Crippen molar-refractivity contribution in [2.24, 2.45) is 0 Å². The number of nitrogens with zero attached hydrogens (tertiary/aromatic N) is 3. The van der Waals surface area contributed by atoms with Crippen LogP contribution in [0.4, 0.5) is 4.39 Å². The van der Waals surface area contributed by atoms with Crippen molar-refractivity contribution in [1.29, 1.82) is 0 Å². The van der Waals surface area contributed by atoms with E-state index in [1.54, 1.807) is 25.1 Å². The Morgan fingerprint density at radius 2 is 1.88 bits per heavy atom. The van der Waals surface area contributed by atoms with Crippen LogP contribution in [0.25, 0.3) is 11.0 Å². The van der Waals surface area contributed by atoms with Gasteiger partial charge in [-0.3, -0.25) is 4.90 Å². The van der Waals surface area contributed by atoms with E-state index in [1.807, 2.05) is 24.3 Å². The SMILES string of the molecule is C[C@]1(c2ccc(Cl)cc2F)Oc2cccc(C3CCN(Cc4nc5ccc(C(O)O)cc5n4C[C@@H]4CCO4)CC3)c2O1. The first-order chi connectivity index (χ1) is 20.3. The van der Waals surface area contributed by atoms with Gasteiger partial charge in [-0.05, 0) is 74.7 Å². The zero-order chi connectivity index (χ0) is 29.0. The number of likely N-dealkylation sites (tertiary alicyclic amines) is 1. The van der Waals surface area contributed by atoms with Gasteiger partial charge in [-0.2, -0.15) is 0 Å². The van der Waals surface area contributed by atoms with Crippen LogP contribution in [0.3, 0.4) is 0 Å². The fourth-order valence-electron chi connectivity index (χ4n) is 6.35. The lowest BCUT2D eigenvalue weighted by atomic mass is 9.88. The maximum Gasteiger partial charge on any atom is 0.278 e. The third kappa shape index (κ3) is 5.03. The molecular formula is C32H33ClFN3O5. The number of hydrogen-bond donors (Lipinski definition) is 2. The van der Waals surface area contributed by atoms with Crippen LogP contribution in [-0.4, -0.2) is 50.5 Å². The Morgan fingerprint density at radius 3 is 2.60 bits per heavy atom. The summed E-state index contributed by atoms with van der Waals surface area (Å²) in [4.78, 5) is 7.34. The summed E-state index contributed by atoms with van der Waals surface area (Å²) in [6, 6.07) is 15.8. The molecule has 3 aliphatic heterocycles. The first-order valence-corrected chi connectivity index (χ1v) is 14.8. The van der Waals surface area contributed by atoms with E-state index in [2.05, 4.69) is 15.5 Å². The van der Waals surface area contributed by atoms with Crippen LogP contribution in [0.5, 0.6) is 11.5 Å². The Bertz CT molecular complexity index is 1630. The van der Waals surface area contributed by atoms with Crippen molar-refractivity contribution in [2.75, 3.05) is 19.7 Å². The number of halogens is 2. The van der Waals surface area contributed by atoms with Gasteiger partial charge in [0.15, 0.2) is 17.8 Å². The number of aliphatic hydroxyl groups is 2. The van der Waals surface area contributed by atoms with E-state index in [-0.39, 0.29) is 12.0 Å². The monoisotopic (exact) mass is 593 g/mol. The molecule has 2 atom stereocenters. The third-order valence-electron chi connectivity index (χ3n) is 8.75. The smallest absolute Gasteiger partial charge is 0.278 e. The molecule has 2 N–H and O–H groups in total. The number of aromatic nitrogens is 2. The minimum atomic E-state index is -1.53. The molecule has 10 heteroatoms. The maximum absolute atomic E-state index is 14.8. The molecule has 1 aromatic heterocycles. The highest BCUT2D eigenvalue weighted by molar-refractivity contribution is 6.30. The number of aliphatic hydroxyl groups excluding tert-OH is 1. The highest BCUT2D eigenvalue weighted by Gasteiger charge is 2.43. The van der Waals surface area contributed by atoms with Crippen molar-refractivity contribution in [3.63, 3.8) is 0 Å². The van der Waals surface area contributed by atoms with Crippen LogP contribution in [0.2, 0.25) is 5.02 Å². The number of piperidine rings is 1. The largest absolute Gasteiger partial charge is 0.444 e. The van der Waals surface area contributed by atoms with Gasteiger partial charge in [0.25, 0.3) is 5.79 Å². The lowest BCUT2D eigenvalue weighted by Gasteiger charge is -2.33. The molecule has 8 nitrogen and oxygen atoms in total. The summed E-state index contributed by atoms with van der Waals surface area (Å²) in [5.41, 5.74) is 3.55. The molecule has 3 aliphatic rings. The molecule has 7 rings (SSSR count). The van der Waals surface area contributed by atoms with Crippen LogP contribution >= 0.6 is 11.6 Å². The molecule has 2 fully saturated rings. The molecule has 0 unspecified atom stereocenters. The van der Waals surface area contributed by atoms with Gasteiger partial charge in [0.05, 0.1) is 35.8 Å². The molecule has 220 valence electrons. The summed E-state index contributed by atoms with van der Waals surface area (Å²) in [5.74, 6) is 0.771. The average molecular weight is 594 g/mol. The van der Waals surface area contributed by atoms with Gasteiger partial charge < -0.3 is 29.0 Å². The van der Waals surface area contributed by atoms with Crippen LogP contribution in [-0.2, 0) is 23.6 Å². The van der Waals surface area contributed by atoms with Crippen LogP contribution in [0.1, 0.15) is 60.9 Å². The maximum atomic E-state index is 14.8. The molecule has 3 aromatic carbocycles. The fourth-order valence-corrected chi connectivity index (χ4v) is 6.50. The van der Waals surface area contributed by atoms with E-state index in [4.69, 9.17) is 30.8 Å². The number of rotatable bonds is 7. The summed E-state index contributed by atoms with van der Waals surface area (Å²) in [6.07, 6.45) is 1.47. The Labute approximate surface area is 248 Å². The summed E-state index contributed by atoms with van der Waals surface area (Å²) < 4.78 is 35.2. The number of fused-ring (bicyclic) bond motifs is 2. The summed E-state index contributed by atoms with van der Waals surface area (Å²) >= 11 is 5.97. The molecule has 0 saturated carbocycles. The van der Waals surface area contributed by atoms with E-state index in [1.165, 1.54) is 6.07 Å².